The number of carbonyl (C=O) groups is 1. The number of halogens is 4. The molecule has 8 heteroatoms. The predicted octanol–water partition coefficient (Wildman–Crippen LogP) is 5.15. The van der Waals surface area contributed by atoms with Crippen molar-refractivity contribution >= 4 is 23.2 Å². The van der Waals surface area contributed by atoms with Gasteiger partial charge in [-0.1, -0.05) is 11.6 Å². The Morgan fingerprint density at radius 2 is 1.93 bits per heavy atom. The molecule has 1 aliphatic rings. The fourth-order valence-electron chi connectivity index (χ4n) is 3.38. The lowest BCUT2D eigenvalue weighted by Gasteiger charge is -2.29. The van der Waals surface area contributed by atoms with Crippen molar-refractivity contribution in [2.24, 2.45) is 5.92 Å². The molecule has 0 saturated heterocycles. The van der Waals surface area contributed by atoms with Crippen molar-refractivity contribution in [1.29, 1.82) is 0 Å². The number of pyridine rings is 1. The van der Waals surface area contributed by atoms with Gasteiger partial charge in [0.15, 0.2) is 0 Å². The molecule has 150 valence electrons. The maximum Gasteiger partial charge on any atom is 0.416 e. The molecule has 1 saturated carbocycles. The molecule has 0 radical (unpaired) electrons. The van der Waals surface area contributed by atoms with Crippen LogP contribution < -0.4 is 10.6 Å². The first kappa shape index (κ1) is 20.5. The topological polar surface area (TPSA) is 54.0 Å². The molecule has 0 unspecified atom stereocenters. The largest absolute Gasteiger partial charge is 0.416 e. The third-order valence-corrected chi connectivity index (χ3v) is 5.31. The summed E-state index contributed by atoms with van der Waals surface area (Å²) in [4.78, 5) is 16.5. The van der Waals surface area contributed by atoms with Crippen molar-refractivity contribution < 1.29 is 18.0 Å². The Morgan fingerprint density at radius 1 is 1.18 bits per heavy atom. The second-order valence-electron chi connectivity index (χ2n) is 7.01. The summed E-state index contributed by atoms with van der Waals surface area (Å²) >= 11 is 5.94. The minimum Gasteiger partial charge on any atom is -0.384 e. The van der Waals surface area contributed by atoms with Crippen LogP contribution in [-0.2, 0) is 6.18 Å². The Hall–Kier alpha value is -2.28. The summed E-state index contributed by atoms with van der Waals surface area (Å²) in [6.07, 6.45) is 2.38. The van der Waals surface area contributed by atoms with Gasteiger partial charge in [-0.3, -0.25) is 9.78 Å². The standard InChI is InChI=1S/C20H21ClF3N3O/c21-18-8-5-14(20(22,23)24)10-17(18)19(28)27-15-6-3-13(4-7-15)11-26-16-2-1-9-25-12-16/h1-2,5,8-10,12-13,15,26H,3-4,6-7,11H2,(H,27,28)/t13-,15-. The van der Waals surface area contributed by atoms with E-state index in [0.717, 1.165) is 56.1 Å². The highest BCUT2D eigenvalue weighted by molar-refractivity contribution is 6.33. The summed E-state index contributed by atoms with van der Waals surface area (Å²) in [6.45, 7) is 0.825. The second-order valence-corrected chi connectivity index (χ2v) is 7.41. The number of carbonyl (C=O) groups excluding carboxylic acids is 1. The van der Waals surface area contributed by atoms with Gasteiger partial charge >= 0.3 is 6.18 Å². The predicted molar refractivity (Wildman–Crippen MR) is 102 cm³/mol. The zero-order chi connectivity index (χ0) is 20.1. The first-order valence-electron chi connectivity index (χ1n) is 9.14. The van der Waals surface area contributed by atoms with E-state index >= 15 is 0 Å². The van der Waals surface area contributed by atoms with Crippen molar-refractivity contribution in [2.45, 2.75) is 37.9 Å². The molecular weight excluding hydrogens is 391 g/mol. The summed E-state index contributed by atoms with van der Waals surface area (Å²) in [7, 11) is 0. The van der Waals surface area contributed by atoms with E-state index in [0.29, 0.717) is 5.92 Å². The van der Waals surface area contributed by atoms with E-state index in [1.807, 2.05) is 12.1 Å². The molecule has 1 fully saturated rings. The Morgan fingerprint density at radius 3 is 2.57 bits per heavy atom. The van der Waals surface area contributed by atoms with Crippen LogP contribution >= 0.6 is 11.6 Å². The number of nitrogens with one attached hydrogen (secondary N) is 2. The molecule has 2 aromatic rings. The average molecular weight is 412 g/mol. The van der Waals surface area contributed by atoms with E-state index < -0.39 is 17.6 Å². The average Bonchev–Trinajstić information content (AvgIpc) is 2.67. The summed E-state index contributed by atoms with van der Waals surface area (Å²) in [5.74, 6) is -0.0847. The number of hydrogen-bond donors (Lipinski definition) is 2. The van der Waals surface area contributed by atoms with Gasteiger partial charge in [0.25, 0.3) is 5.91 Å². The number of rotatable bonds is 5. The molecule has 2 N–H and O–H groups in total. The second kappa shape index (κ2) is 8.82. The van der Waals surface area contributed by atoms with Crippen LogP contribution in [0.5, 0.6) is 0 Å². The Balaban J connectivity index is 1.51. The van der Waals surface area contributed by atoms with Crippen LogP contribution in [0.25, 0.3) is 0 Å². The lowest BCUT2D eigenvalue weighted by atomic mass is 9.86. The van der Waals surface area contributed by atoms with E-state index in [2.05, 4.69) is 15.6 Å². The van der Waals surface area contributed by atoms with Gasteiger partial charge in [0, 0.05) is 25.0 Å². The number of alkyl halides is 3. The minimum atomic E-state index is -4.51. The maximum atomic E-state index is 12.9. The molecule has 1 heterocycles. The molecule has 28 heavy (non-hydrogen) atoms. The normalized spacial score (nSPS) is 19.9. The highest BCUT2D eigenvalue weighted by atomic mass is 35.5. The first-order chi connectivity index (χ1) is 13.3. The number of aromatic nitrogens is 1. The Bertz CT molecular complexity index is 806. The van der Waals surface area contributed by atoms with Crippen molar-refractivity contribution in [2.75, 3.05) is 11.9 Å². The summed E-state index contributed by atoms with van der Waals surface area (Å²) in [5, 5.41) is 6.19. The fraction of sp³-hybridized carbons (Fsp3) is 0.400. The van der Waals surface area contributed by atoms with Crippen LogP contribution in [0.2, 0.25) is 5.02 Å². The van der Waals surface area contributed by atoms with Crippen LogP contribution in [0.3, 0.4) is 0 Å². The van der Waals surface area contributed by atoms with Crippen molar-refractivity contribution in [3.05, 3.63) is 58.9 Å². The summed E-state index contributed by atoms with van der Waals surface area (Å²) in [6, 6.07) is 6.56. The zero-order valence-corrected chi connectivity index (χ0v) is 15.9. The lowest BCUT2D eigenvalue weighted by molar-refractivity contribution is -0.137. The highest BCUT2D eigenvalue weighted by Crippen LogP contribution is 2.32. The number of anilines is 1. The minimum absolute atomic E-state index is 0.0138. The van der Waals surface area contributed by atoms with Gasteiger partial charge in [0.2, 0.25) is 0 Å². The van der Waals surface area contributed by atoms with E-state index in [1.54, 1.807) is 12.4 Å². The number of hydrogen-bond acceptors (Lipinski definition) is 3. The summed E-state index contributed by atoms with van der Waals surface area (Å²) < 4.78 is 38.6. The molecule has 0 spiro atoms. The smallest absolute Gasteiger partial charge is 0.384 e. The molecule has 1 aromatic carbocycles. The molecule has 1 aromatic heterocycles. The molecule has 1 amide bonds. The molecule has 3 rings (SSSR count). The van der Waals surface area contributed by atoms with E-state index in [1.165, 1.54) is 0 Å². The van der Waals surface area contributed by atoms with Gasteiger partial charge in [0.1, 0.15) is 0 Å². The molecule has 1 aliphatic carbocycles. The van der Waals surface area contributed by atoms with Crippen molar-refractivity contribution in [1.82, 2.24) is 10.3 Å². The fourth-order valence-corrected chi connectivity index (χ4v) is 3.58. The number of amides is 1. The van der Waals surface area contributed by atoms with Crippen LogP contribution in [-0.4, -0.2) is 23.5 Å². The van der Waals surface area contributed by atoms with Gasteiger partial charge in [-0.05, 0) is 61.9 Å². The van der Waals surface area contributed by atoms with E-state index in [4.69, 9.17) is 11.6 Å². The first-order valence-corrected chi connectivity index (χ1v) is 9.52. The SMILES string of the molecule is O=C(N[C@H]1CC[C@H](CNc2cccnc2)CC1)c1cc(C(F)(F)F)ccc1Cl. The Kier molecular flexibility index (Phi) is 6.44. The molecule has 0 aliphatic heterocycles. The van der Waals surface area contributed by atoms with Gasteiger partial charge in [-0.15, -0.1) is 0 Å². The molecule has 0 bridgehead atoms. The van der Waals surface area contributed by atoms with Crippen LogP contribution in [0.15, 0.2) is 42.7 Å². The summed E-state index contributed by atoms with van der Waals surface area (Å²) in [5.41, 5.74) is -0.0544. The molecule has 0 atom stereocenters. The van der Waals surface area contributed by atoms with Crippen molar-refractivity contribution in [3.63, 3.8) is 0 Å². The van der Waals surface area contributed by atoms with Gasteiger partial charge in [-0.25, -0.2) is 0 Å². The number of nitrogens with zero attached hydrogens (tertiary/aromatic N) is 1. The van der Waals surface area contributed by atoms with E-state index in [-0.39, 0.29) is 16.6 Å². The van der Waals surface area contributed by atoms with Crippen LogP contribution in [0, 0.1) is 5.92 Å². The lowest BCUT2D eigenvalue weighted by Crippen LogP contribution is -2.38. The van der Waals surface area contributed by atoms with Gasteiger partial charge in [0.05, 0.1) is 21.8 Å². The highest BCUT2D eigenvalue weighted by Gasteiger charge is 2.32. The zero-order valence-electron chi connectivity index (χ0n) is 15.1. The van der Waals surface area contributed by atoms with Crippen LogP contribution in [0.4, 0.5) is 18.9 Å². The molecule has 4 nitrogen and oxygen atoms in total. The number of benzene rings is 1. The van der Waals surface area contributed by atoms with Gasteiger partial charge < -0.3 is 10.6 Å². The molecular formula is C20H21ClF3N3O. The monoisotopic (exact) mass is 411 g/mol. The third kappa shape index (κ3) is 5.38. The van der Waals surface area contributed by atoms with E-state index in [9.17, 15) is 18.0 Å². The quantitative estimate of drug-likeness (QED) is 0.715. The van der Waals surface area contributed by atoms with Crippen molar-refractivity contribution in [3.8, 4) is 0 Å². The third-order valence-electron chi connectivity index (χ3n) is 4.98. The Labute approximate surface area is 166 Å². The van der Waals surface area contributed by atoms with Gasteiger partial charge in [-0.2, -0.15) is 13.2 Å². The maximum absolute atomic E-state index is 12.9. The van der Waals surface area contributed by atoms with Crippen LogP contribution in [0.1, 0.15) is 41.6 Å².